The van der Waals surface area contributed by atoms with Crippen LogP contribution in [0.2, 0.25) is 0 Å². The first kappa shape index (κ1) is 17.0. The molecule has 7 nitrogen and oxygen atoms in total. The molecule has 24 heavy (non-hydrogen) atoms. The third-order valence-electron chi connectivity index (χ3n) is 4.13. The minimum absolute atomic E-state index is 0.198. The van der Waals surface area contributed by atoms with E-state index in [1.54, 1.807) is 12.1 Å². The lowest BCUT2D eigenvalue weighted by Crippen LogP contribution is -2.43. The molecule has 2 aliphatic rings. The third-order valence-corrected chi connectivity index (χ3v) is 5.26. The molecule has 1 aromatic rings. The summed E-state index contributed by atoms with van der Waals surface area (Å²) in [6, 6.07) is 7.50. The summed E-state index contributed by atoms with van der Waals surface area (Å²) in [5.41, 5.74) is 1.35. The number of hydrogen-bond donors (Lipinski definition) is 1. The molecule has 1 heterocycles. The van der Waals surface area contributed by atoms with Gasteiger partial charge in [-0.15, -0.1) is 0 Å². The zero-order valence-corrected chi connectivity index (χ0v) is 14.6. The molecular formula is C16H23N3O4S. The number of para-hydroxylation sites is 2. The van der Waals surface area contributed by atoms with Crippen LogP contribution in [0.4, 0.5) is 11.4 Å². The summed E-state index contributed by atoms with van der Waals surface area (Å²) >= 11 is 0. The quantitative estimate of drug-likeness (QED) is 0.809. The Labute approximate surface area is 142 Å². The number of benzene rings is 1. The molecule has 1 saturated heterocycles. The van der Waals surface area contributed by atoms with Crippen molar-refractivity contribution in [2.45, 2.75) is 18.9 Å². The molecule has 132 valence electrons. The van der Waals surface area contributed by atoms with E-state index >= 15 is 0 Å². The van der Waals surface area contributed by atoms with E-state index in [9.17, 15) is 13.2 Å². The van der Waals surface area contributed by atoms with Gasteiger partial charge in [0.2, 0.25) is 15.9 Å². The topological polar surface area (TPSA) is 79.0 Å². The number of morpholine rings is 1. The second-order valence-electron chi connectivity index (χ2n) is 6.20. The highest BCUT2D eigenvalue weighted by molar-refractivity contribution is 7.92. The fourth-order valence-corrected chi connectivity index (χ4v) is 3.62. The molecule has 0 spiro atoms. The van der Waals surface area contributed by atoms with E-state index in [1.165, 1.54) is 4.31 Å². The van der Waals surface area contributed by atoms with Crippen LogP contribution in [0, 0.1) is 0 Å². The van der Waals surface area contributed by atoms with Crippen molar-refractivity contribution in [2.75, 3.05) is 48.3 Å². The van der Waals surface area contributed by atoms with Gasteiger partial charge in [0.1, 0.15) is 6.54 Å². The number of anilines is 2. The summed E-state index contributed by atoms with van der Waals surface area (Å²) in [6.07, 6.45) is 3.07. The Morgan fingerprint density at radius 2 is 1.96 bits per heavy atom. The van der Waals surface area contributed by atoms with E-state index in [-0.39, 0.29) is 18.5 Å². The Balaban J connectivity index is 1.87. The van der Waals surface area contributed by atoms with Crippen molar-refractivity contribution in [1.29, 1.82) is 0 Å². The van der Waals surface area contributed by atoms with Crippen LogP contribution in [0.15, 0.2) is 24.3 Å². The van der Waals surface area contributed by atoms with Crippen LogP contribution in [0.3, 0.4) is 0 Å². The summed E-state index contributed by atoms with van der Waals surface area (Å²) in [4.78, 5) is 14.3. The van der Waals surface area contributed by atoms with Crippen LogP contribution in [0.5, 0.6) is 0 Å². The highest BCUT2D eigenvalue weighted by Crippen LogP contribution is 2.31. The molecule has 1 aromatic carbocycles. The summed E-state index contributed by atoms with van der Waals surface area (Å²) in [7, 11) is -3.57. The fraction of sp³-hybridized carbons (Fsp3) is 0.562. The highest BCUT2D eigenvalue weighted by atomic mass is 32.2. The van der Waals surface area contributed by atoms with E-state index < -0.39 is 10.0 Å². The molecule has 0 atom stereocenters. The first-order valence-corrected chi connectivity index (χ1v) is 9.99. The number of rotatable bonds is 6. The molecule has 1 N–H and O–H groups in total. The average Bonchev–Trinajstić information content (AvgIpc) is 3.36. The zero-order chi connectivity index (χ0) is 17.2. The number of sulfonamides is 1. The van der Waals surface area contributed by atoms with Gasteiger partial charge in [0, 0.05) is 19.1 Å². The van der Waals surface area contributed by atoms with Crippen LogP contribution in [-0.4, -0.2) is 59.5 Å². The number of carbonyl (C=O) groups is 1. The Hall–Kier alpha value is -1.80. The molecule has 0 bridgehead atoms. The molecule has 0 unspecified atom stereocenters. The molecule has 2 fully saturated rings. The van der Waals surface area contributed by atoms with Crippen molar-refractivity contribution in [1.82, 2.24) is 5.32 Å². The molecule has 1 amide bonds. The van der Waals surface area contributed by atoms with Crippen molar-refractivity contribution in [3.8, 4) is 0 Å². The largest absolute Gasteiger partial charge is 0.378 e. The Morgan fingerprint density at radius 1 is 1.29 bits per heavy atom. The molecule has 1 aliphatic carbocycles. The second kappa shape index (κ2) is 6.98. The van der Waals surface area contributed by atoms with E-state index in [1.807, 2.05) is 12.1 Å². The number of hydrogen-bond acceptors (Lipinski definition) is 5. The Kier molecular flexibility index (Phi) is 4.96. The second-order valence-corrected chi connectivity index (χ2v) is 8.11. The van der Waals surface area contributed by atoms with Crippen LogP contribution < -0.4 is 14.5 Å². The van der Waals surface area contributed by atoms with Crippen molar-refractivity contribution in [3.63, 3.8) is 0 Å². The van der Waals surface area contributed by atoms with Gasteiger partial charge in [0.25, 0.3) is 0 Å². The lowest BCUT2D eigenvalue weighted by molar-refractivity contribution is -0.119. The maximum absolute atomic E-state index is 12.3. The molecule has 8 heteroatoms. The van der Waals surface area contributed by atoms with Gasteiger partial charge in [0.05, 0.1) is 30.8 Å². The number of amides is 1. The van der Waals surface area contributed by atoms with Crippen molar-refractivity contribution < 1.29 is 17.9 Å². The standard InChI is InChI=1S/C16H23N3O4S/c1-24(21,22)19(12-16(20)17-13-6-7-13)15-5-3-2-4-14(15)18-8-10-23-11-9-18/h2-5,13H,6-12H2,1H3,(H,17,20). The minimum atomic E-state index is -3.57. The summed E-state index contributed by atoms with van der Waals surface area (Å²) in [6.45, 7) is 2.41. The normalized spacial score (nSPS) is 18.3. The molecule has 1 saturated carbocycles. The van der Waals surface area contributed by atoms with Gasteiger partial charge in [-0.3, -0.25) is 9.10 Å². The SMILES string of the molecule is CS(=O)(=O)N(CC(=O)NC1CC1)c1ccccc1N1CCOCC1. The van der Waals surface area contributed by atoms with Gasteiger partial charge < -0.3 is 15.0 Å². The molecule has 3 rings (SSSR count). The van der Waals surface area contributed by atoms with E-state index in [0.717, 1.165) is 24.8 Å². The van der Waals surface area contributed by atoms with E-state index in [2.05, 4.69) is 10.2 Å². The van der Waals surface area contributed by atoms with Gasteiger partial charge in [-0.2, -0.15) is 0 Å². The lowest BCUT2D eigenvalue weighted by atomic mass is 10.2. The number of ether oxygens (including phenoxy) is 1. The summed E-state index contributed by atoms with van der Waals surface area (Å²) < 4.78 is 31.2. The first-order valence-electron chi connectivity index (χ1n) is 8.14. The molecule has 0 aromatic heterocycles. The molecule has 1 aliphatic heterocycles. The molecular weight excluding hydrogens is 330 g/mol. The smallest absolute Gasteiger partial charge is 0.240 e. The maximum atomic E-state index is 12.3. The first-order chi connectivity index (χ1) is 11.4. The van der Waals surface area contributed by atoms with Gasteiger partial charge in [-0.05, 0) is 25.0 Å². The van der Waals surface area contributed by atoms with E-state index in [0.29, 0.717) is 32.0 Å². The van der Waals surface area contributed by atoms with Gasteiger partial charge in [-0.1, -0.05) is 12.1 Å². The number of nitrogens with zero attached hydrogens (tertiary/aromatic N) is 2. The zero-order valence-electron chi connectivity index (χ0n) is 13.8. The fourth-order valence-electron chi connectivity index (χ4n) is 2.76. The van der Waals surface area contributed by atoms with Crippen LogP contribution >= 0.6 is 0 Å². The molecule has 0 radical (unpaired) electrons. The van der Waals surface area contributed by atoms with E-state index in [4.69, 9.17) is 4.74 Å². The third kappa shape index (κ3) is 4.18. The minimum Gasteiger partial charge on any atom is -0.378 e. The summed E-state index contributed by atoms with van der Waals surface area (Å²) in [5, 5.41) is 2.85. The number of nitrogens with one attached hydrogen (secondary N) is 1. The number of carbonyl (C=O) groups excluding carboxylic acids is 1. The van der Waals surface area contributed by atoms with Crippen LogP contribution in [-0.2, 0) is 19.6 Å². The predicted molar refractivity (Wildman–Crippen MR) is 92.8 cm³/mol. The Bertz CT molecular complexity index is 697. The lowest BCUT2D eigenvalue weighted by Gasteiger charge is -2.33. The van der Waals surface area contributed by atoms with Gasteiger partial charge in [0.15, 0.2) is 0 Å². The summed E-state index contributed by atoms with van der Waals surface area (Å²) in [5.74, 6) is -0.264. The van der Waals surface area contributed by atoms with Crippen molar-refractivity contribution in [2.24, 2.45) is 0 Å². The Morgan fingerprint density at radius 3 is 2.58 bits per heavy atom. The van der Waals surface area contributed by atoms with Gasteiger partial charge in [-0.25, -0.2) is 8.42 Å². The monoisotopic (exact) mass is 353 g/mol. The maximum Gasteiger partial charge on any atom is 0.240 e. The highest BCUT2D eigenvalue weighted by Gasteiger charge is 2.28. The van der Waals surface area contributed by atoms with Crippen molar-refractivity contribution >= 4 is 27.3 Å². The average molecular weight is 353 g/mol. The predicted octanol–water partition coefficient (Wildman–Crippen LogP) is 0.568. The van der Waals surface area contributed by atoms with Gasteiger partial charge >= 0.3 is 0 Å². The van der Waals surface area contributed by atoms with Crippen LogP contribution in [0.25, 0.3) is 0 Å². The van der Waals surface area contributed by atoms with Crippen LogP contribution in [0.1, 0.15) is 12.8 Å². The van der Waals surface area contributed by atoms with Crippen molar-refractivity contribution in [3.05, 3.63) is 24.3 Å².